The summed E-state index contributed by atoms with van der Waals surface area (Å²) in [6.45, 7) is 0.950. The summed E-state index contributed by atoms with van der Waals surface area (Å²) in [5.41, 5.74) is 0.459. The third-order valence-corrected chi connectivity index (χ3v) is 4.45. The molecule has 1 heterocycles. The van der Waals surface area contributed by atoms with Gasteiger partial charge in [0.1, 0.15) is 11.5 Å². The smallest absolute Gasteiger partial charge is 0.254 e. The molecule has 1 aliphatic rings. The summed E-state index contributed by atoms with van der Waals surface area (Å²) in [4.78, 5) is 14.3. The van der Waals surface area contributed by atoms with Crippen molar-refractivity contribution in [1.29, 1.82) is 0 Å². The molecule has 0 saturated carbocycles. The number of ether oxygens (including phenoxy) is 2. The van der Waals surface area contributed by atoms with Crippen LogP contribution in [0.1, 0.15) is 23.2 Å². The van der Waals surface area contributed by atoms with E-state index in [1.165, 1.54) is 14.2 Å². The van der Waals surface area contributed by atoms with Crippen molar-refractivity contribution in [2.75, 3.05) is 33.6 Å². The number of amides is 1. The zero-order chi connectivity index (χ0) is 17.0. The molecule has 1 amide bonds. The molecule has 23 heavy (non-hydrogen) atoms. The predicted molar refractivity (Wildman–Crippen MR) is 86.5 cm³/mol. The Morgan fingerprint density at radius 1 is 1.22 bits per heavy atom. The van der Waals surface area contributed by atoms with Gasteiger partial charge in [0, 0.05) is 30.8 Å². The fraction of sp³-hybridized carbons (Fsp3) is 0.533. The Kier molecular flexibility index (Phi) is 5.48. The molecule has 0 bridgehead atoms. The van der Waals surface area contributed by atoms with Crippen LogP contribution < -0.4 is 14.2 Å². The second-order valence-corrected chi connectivity index (χ2v) is 7.36. The molecule has 128 valence electrons. The van der Waals surface area contributed by atoms with Crippen LogP contribution in [0.2, 0.25) is 0 Å². The molecular formula is C15H22N2O5S. The van der Waals surface area contributed by atoms with Crippen LogP contribution in [0.15, 0.2) is 18.2 Å². The van der Waals surface area contributed by atoms with Gasteiger partial charge in [-0.15, -0.1) is 0 Å². The van der Waals surface area contributed by atoms with Crippen molar-refractivity contribution in [3.63, 3.8) is 0 Å². The Balaban J connectivity index is 2.16. The van der Waals surface area contributed by atoms with E-state index >= 15 is 0 Å². The number of hydrogen-bond donors (Lipinski definition) is 1. The van der Waals surface area contributed by atoms with E-state index in [2.05, 4.69) is 4.72 Å². The number of rotatable bonds is 5. The number of carbonyl (C=O) groups excluding carboxylic acids is 1. The van der Waals surface area contributed by atoms with Gasteiger partial charge in [0.25, 0.3) is 5.91 Å². The van der Waals surface area contributed by atoms with Gasteiger partial charge in [-0.1, -0.05) is 0 Å². The highest BCUT2D eigenvalue weighted by Crippen LogP contribution is 2.24. The van der Waals surface area contributed by atoms with Gasteiger partial charge in [-0.25, -0.2) is 13.1 Å². The van der Waals surface area contributed by atoms with E-state index < -0.39 is 10.0 Å². The number of hydrogen-bond acceptors (Lipinski definition) is 5. The summed E-state index contributed by atoms with van der Waals surface area (Å²) in [6, 6.07) is 4.74. The largest absolute Gasteiger partial charge is 0.497 e. The van der Waals surface area contributed by atoms with Crippen molar-refractivity contribution in [1.82, 2.24) is 9.62 Å². The number of piperidine rings is 1. The minimum atomic E-state index is -3.29. The molecule has 0 unspecified atom stereocenters. The normalized spacial score (nSPS) is 18.6. The number of methoxy groups -OCH3 is 2. The summed E-state index contributed by atoms with van der Waals surface area (Å²) in [7, 11) is -0.239. The van der Waals surface area contributed by atoms with E-state index in [-0.39, 0.29) is 11.9 Å². The van der Waals surface area contributed by atoms with E-state index in [1.54, 1.807) is 23.1 Å². The molecule has 0 aliphatic carbocycles. The molecule has 0 aromatic heterocycles. The van der Waals surface area contributed by atoms with Crippen LogP contribution in [0.4, 0.5) is 0 Å². The predicted octanol–water partition coefficient (Wildman–Crippen LogP) is 0.858. The molecule has 0 spiro atoms. The summed E-state index contributed by atoms with van der Waals surface area (Å²) in [6.07, 6.45) is 2.60. The molecule has 0 radical (unpaired) electrons. The highest BCUT2D eigenvalue weighted by atomic mass is 32.2. The Hall–Kier alpha value is -1.80. The molecule has 8 heteroatoms. The first-order chi connectivity index (χ1) is 10.8. The number of nitrogens with zero attached hydrogens (tertiary/aromatic N) is 1. The van der Waals surface area contributed by atoms with E-state index in [4.69, 9.17) is 9.47 Å². The maximum Gasteiger partial charge on any atom is 0.254 e. The second kappa shape index (κ2) is 7.18. The monoisotopic (exact) mass is 342 g/mol. The van der Waals surface area contributed by atoms with E-state index in [0.29, 0.717) is 30.2 Å². The van der Waals surface area contributed by atoms with E-state index in [0.717, 1.165) is 19.1 Å². The van der Waals surface area contributed by atoms with Gasteiger partial charge in [-0.05, 0) is 25.0 Å². The number of benzene rings is 1. The van der Waals surface area contributed by atoms with Crippen molar-refractivity contribution in [2.45, 2.75) is 18.9 Å². The van der Waals surface area contributed by atoms with E-state index in [9.17, 15) is 13.2 Å². The van der Waals surface area contributed by atoms with Gasteiger partial charge in [0.05, 0.1) is 20.5 Å². The Bertz CT molecular complexity index is 652. The van der Waals surface area contributed by atoms with Crippen molar-refractivity contribution >= 4 is 15.9 Å². The lowest BCUT2D eigenvalue weighted by atomic mass is 10.1. The average molecular weight is 342 g/mol. The molecular weight excluding hydrogens is 320 g/mol. The van der Waals surface area contributed by atoms with Crippen LogP contribution in [0.25, 0.3) is 0 Å². The lowest BCUT2D eigenvalue weighted by Crippen LogP contribution is -2.49. The number of sulfonamides is 1. The maximum absolute atomic E-state index is 12.7. The third kappa shape index (κ3) is 4.84. The first-order valence-electron chi connectivity index (χ1n) is 7.32. The van der Waals surface area contributed by atoms with Gasteiger partial charge in [-0.2, -0.15) is 0 Å². The van der Waals surface area contributed by atoms with Crippen molar-refractivity contribution in [2.24, 2.45) is 0 Å². The van der Waals surface area contributed by atoms with E-state index in [1.807, 2.05) is 0 Å². The van der Waals surface area contributed by atoms with Gasteiger partial charge < -0.3 is 14.4 Å². The molecule has 1 saturated heterocycles. The Morgan fingerprint density at radius 3 is 2.35 bits per heavy atom. The topological polar surface area (TPSA) is 84.9 Å². The minimum Gasteiger partial charge on any atom is -0.497 e. The number of carbonyl (C=O) groups is 1. The third-order valence-electron chi connectivity index (χ3n) is 3.69. The van der Waals surface area contributed by atoms with Crippen molar-refractivity contribution in [3.05, 3.63) is 23.8 Å². The molecule has 1 fully saturated rings. The van der Waals surface area contributed by atoms with Crippen LogP contribution in [-0.4, -0.2) is 58.8 Å². The zero-order valence-corrected chi connectivity index (χ0v) is 14.4. The van der Waals surface area contributed by atoms with Crippen LogP contribution in [0.3, 0.4) is 0 Å². The number of nitrogens with one attached hydrogen (secondary N) is 1. The fourth-order valence-corrected chi connectivity index (χ4v) is 3.47. The molecule has 1 atom stereocenters. The highest BCUT2D eigenvalue weighted by Gasteiger charge is 2.26. The second-order valence-electron chi connectivity index (χ2n) is 5.58. The fourth-order valence-electron chi connectivity index (χ4n) is 2.67. The average Bonchev–Trinajstić information content (AvgIpc) is 2.52. The minimum absolute atomic E-state index is 0.165. The van der Waals surface area contributed by atoms with Crippen LogP contribution in [0.5, 0.6) is 11.5 Å². The maximum atomic E-state index is 12.7. The summed E-state index contributed by atoms with van der Waals surface area (Å²) in [5, 5.41) is 0. The number of likely N-dealkylation sites (tertiary alicyclic amines) is 1. The summed E-state index contributed by atoms with van der Waals surface area (Å²) < 4.78 is 35.7. The van der Waals surface area contributed by atoms with Gasteiger partial charge in [0.2, 0.25) is 10.0 Å². The standard InChI is InChI=1S/C15H22N2O5S/c1-21-13-7-11(8-14(9-13)22-2)15(18)17-6-4-5-12(10-17)16-23(3,19)20/h7-9,12,16H,4-6,10H2,1-3H3/t12-/m1/s1. The van der Waals surface area contributed by atoms with Gasteiger partial charge >= 0.3 is 0 Å². The zero-order valence-electron chi connectivity index (χ0n) is 13.5. The van der Waals surface area contributed by atoms with Gasteiger partial charge in [-0.3, -0.25) is 4.79 Å². The molecule has 1 aromatic rings. The lowest BCUT2D eigenvalue weighted by Gasteiger charge is -2.32. The molecule has 1 N–H and O–H groups in total. The molecule has 7 nitrogen and oxygen atoms in total. The van der Waals surface area contributed by atoms with Crippen molar-refractivity contribution in [3.8, 4) is 11.5 Å². The summed E-state index contributed by atoms with van der Waals surface area (Å²) in [5.74, 6) is 0.910. The van der Waals surface area contributed by atoms with Crippen LogP contribution in [-0.2, 0) is 10.0 Å². The van der Waals surface area contributed by atoms with Gasteiger partial charge in [0.15, 0.2) is 0 Å². The quantitative estimate of drug-likeness (QED) is 0.858. The Morgan fingerprint density at radius 2 is 1.83 bits per heavy atom. The molecule has 1 aromatic carbocycles. The van der Waals surface area contributed by atoms with Crippen LogP contribution in [0, 0.1) is 0 Å². The summed E-state index contributed by atoms with van der Waals surface area (Å²) >= 11 is 0. The molecule has 1 aliphatic heterocycles. The van der Waals surface area contributed by atoms with Crippen molar-refractivity contribution < 1.29 is 22.7 Å². The molecule has 2 rings (SSSR count). The first-order valence-corrected chi connectivity index (χ1v) is 9.21. The first kappa shape index (κ1) is 17.6. The highest BCUT2D eigenvalue weighted by molar-refractivity contribution is 7.88. The Labute approximate surface area is 136 Å². The van der Waals surface area contributed by atoms with Crippen LogP contribution >= 0.6 is 0 Å². The lowest BCUT2D eigenvalue weighted by molar-refractivity contribution is 0.0702. The SMILES string of the molecule is COc1cc(OC)cc(C(=O)N2CCC[C@@H](NS(C)(=O)=O)C2)c1.